The Morgan fingerprint density at radius 1 is 1.16 bits per heavy atom. The summed E-state index contributed by atoms with van der Waals surface area (Å²) in [6.07, 6.45) is 7.18. The Labute approximate surface area is 187 Å². The molecule has 3 aliphatic rings. The Morgan fingerprint density at radius 2 is 1.91 bits per heavy atom. The number of hydrogen-bond acceptors (Lipinski definition) is 4. The second-order valence-corrected chi connectivity index (χ2v) is 9.03. The van der Waals surface area contributed by atoms with Gasteiger partial charge in [0.05, 0.1) is 12.6 Å². The summed E-state index contributed by atoms with van der Waals surface area (Å²) in [7, 11) is 0. The molecule has 1 N–H and O–H groups in total. The molecule has 3 fully saturated rings. The molecule has 3 heterocycles. The molecule has 2 aliphatic carbocycles. The molecule has 2 aromatic heterocycles. The first-order valence-electron chi connectivity index (χ1n) is 11.5. The fourth-order valence-electron chi connectivity index (χ4n) is 4.36. The molecule has 0 radical (unpaired) electrons. The third-order valence-corrected chi connectivity index (χ3v) is 6.56. The summed E-state index contributed by atoms with van der Waals surface area (Å²) >= 11 is 0. The zero-order valence-corrected chi connectivity index (χ0v) is 18.2. The van der Waals surface area contributed by atoms with Gasteiger partial charge in [0, 0.05) is 12.4 Å². The zero-order chi connectivity index (χ0) is 22.2. The van der Waals surface area contributed by atoms with Gasteiger partial charge in [0.2, 0.25) is 5.91 Å². The third kappa shape index (κ3) is 4.31. The Balaban J connectivity index is 1.29. The normalized spacial score (nSPS) is 21.7. The molecule has 1 aliphatic heterocycles. The smallest absolute Gasteiger partial charge is 0.309 e. The maximum atomic E-state index is 14.8. The van der Waals surface area contributed by atoms with E-state index in [-0.39, 0.29) is 25.4 Å². The number of aromatic nitrogens is 2. The summed E-state index contributed by atoms with van der Waals surface area (Å²) in [5.41, 5.74) is 2.33. The molecule has 2 atom stereocenters. The molecule has 0 unspecified atom stereocenters. The number of pyridine rings is 2. The zero-order valence-electron chi connectivity index (χ0n) is 18.2. The van der Waals surface area contributed by atoms with Crippen LogP contribution in [0, 0.1) is 0 Å². The van der Waals surface area contributed by atoms with E-state index in [2.05, 4.69) is 15.3 Å². The van der Waals surface area contributed by atoms with Gasteiger partial charge in [-0.3, -0.25) is 9.69 Å². The first-order valence-corrected chi connectivity index (χ1v) is 11.5. The number of carbonyl (C=O) groups is 2. The van der Waals surface area contributed by atoms with E-state index in [9.17, 15) is 14.0 Å². The van der Waals surface area contributed by atoms with Crippen LogP contribution in [0.2, 0.25) is 0 Å². The summed E-state index contributed by atoms with van der Waals surface area (Å²) in [5, 5.41) is 2.77. The monoisotopic (exact) mass is 437 g/mol. The van der Waals surface area contributed by atoms with Crippen molar-refractivity contribution in [3.05, 3.63) is 47.8 Å². The Bertz CT molecular complexity index is 1010. The molecule has 0 bridgehead atoms. The summed E-state index contributed by atoms with van der Waals surface area (Å²) in [6, 6.07) is 6.55. The van der Waals surface area contributed by atoms with Gasteiger partial charge in [-0.05, 0) is 73.3 Å². The van der Waals surface area contributed by atoms with Crippen molar-refractivity contribution in [3.8, 4) is 0 Å². The first kappa shape index (κ1) is 20.8. The summed E-state index contributed by atoms with van der Waals surface area (Å²) in [4.78, 5) is 37.4. The molecule has 0 spiro atoms. The number of nitrogens with zero attached hydrogens (tertiary/aromatic N) is 4. The number of hydrogen-bond donors (Lipinski definition) is 1. The van der Waals surface area contributed by atoms with Crippen LogP contribution in [0.4, 0.5) is 20.8 Å². The van der Waals surface area contributed by atoms with E-state index in [0.717, 1.165) is 18.4 Å². The molecule has 1 saturated heterocycles. The fraction of sp³-hybridized carbons (Fsp3) is 0.500. The van der Waals surface area contributed by atoms with Crippen molar-refractivity contribution in [3.63, 3.8) is 0 Å². The molecule has 7 nitrogen and oxygen atoms in total. The number of amides is 3. The van der Waals surface area contributed by atoms with E-state index in [4.69, 9.17) is 0 Å². The largest absolute Gasteiger partial charge is 0.326 e. The van der Waals surface area contributed by atoms with Crippen molar-refractivity contribution in [1.82, 2.24) is 14.9 Å². The minimum Gasteiger partial charge on any atom is -0.309 e. The van der Waals surface area contributed by atoms with E-state index >= 15 is 0 Å². The molecular formula is C24H28FN5O2. The molecule has 32 heavy (non-hydrogen) atoms. The lowest BCUT2D eigenvalue weighted by atomic mass is 10.1. The molecule has 8 heteroatoms. The van der Waals surface area contributed by atoms with Crippen molar-refractivity contribution < 1.29 is 14.0 Å². The number of rotatable bonds is 8. The predicted octanol–water partition coefficient (Wildman–Crippen LogP) is 4.23. The molecular weight excluding hydrogens is 409 g/mol. The number of urea groups is 1. The van der Waals surface area contributed by atoms with Crippen LogP contribution in [0.15, 0.2) is 36.7 Å². The van der Waals surface area contributed by atoms with E-state index in [0.29, 0.717) is 23.5 Å². The maximum absolute atomic E-state index is 14.8. The van der Waals surface area contributed by atoms with Crippen LogP contribution in [0.5, 0.6) is 0 Å². The average Bonchev–Trinajstić information content (AvgIpc) is 3.72. The van der Waals surface area contributed by atoms with E-state index in [1.807, 2.05) is 24.3 Å². The van der Waals surface area contributed by atoms with Gasteiger partial charge in [-0.25, -0.2) is 19.2 Å². The van der Waals surface area contributed by atoms with Crippen molar-refractivity contribution in [1.29, 1.82) is 0 Å². The van der Waals surface area contributed by atoms with Gasteiger partial charge in [0.1, 0.15) is 24.4 Å². The quantitative estimate of drug-likeness (QED) is 0.670. The van der Waals surface area contributed by atoms with Crippen LogP contribution in [0.3, 0.4) is 0 Å². The second-order valence-electron chi connectivity index (χ2n) is 9.03. The van der Waals surface area contributed by atoms with Crippen molar-refractivity contribution in [2.24, 2.45) is 0 Å². The van der Waals surface area contributed by atoms with E-state index in [1.54, 1.807) is 19.3 Å². The molecule has 5 rings (SSSR count). The Hall–Kier alpha value is -3.03. The third-order valence-electron chi connectivity index (χ3n) is 6.56. The predicted molar refractivity (Wildman–Crippen MR) is 119 cm³/mol. The SMILES string of the molecule is CC[C@H](F)[C@H]1CN(c2ccc(C3CC3)cn2)C(=O)N1CC(=O)Nc1cc(C2CC2)ccn1. The standard InChI is InChI=1S/C24H28FN5O2/c1-2-19(25)20-13-30(22-8-7-18(12-27-22)16-5-6-16)24(32)29(20)14-23(31)28-21-11-17(9-10-26-21)15-3-4-15/h7-12,15-16,19-20H,2-6,13-14H2,1H3,(H,26,28,31)/t19-,20+/m0/s1. The van der Waals surface area contributed by atoms with Crippen LogP contribution in [-0.2, 0) is 4.79 Å². The van der Waals surface area contributed by atoms with Crippen LogP contribution in [-0.4, -0.2) is 52.1 Å². The van der Waals surface area contributed by atoms with E-state index < -0.39 is 18.2 Å². The highest BCUT2D eigenvalue weighted by molar-refractivity contribution is 5.99. The van der Waals surface area contributed by atoms with Crippen LogP contribution in [0.1, 0.15) is 62.0 Å². The first-order chi connectivity index (χ1) is 15.5. The lowest BCUT2D eigenvalue weighted by molar-refractivity contribution is -0.117. The van der Waals surface area contributed by atoms with Crippen molar-refractivity contribution in [2.75, 3.05) is 23.3 Å². The van der Waals surface area contributed by atoms with Gasteiger partial charge in [-0.2, -0.15) is 0 Å². The lowest BCUT2D eigenvalue weighted by Gasteiger charge is -2.24. The number of halogens is 1. The Morgan fingerprint density at radius 3 is 2.56 bits per heavy atom. The van der Waals surface area contributed by atoms with E-state index in [1.165, 1.54) is 28.2 Å². The van der Waals surface area contributed by atoms with Crippen LogP contribution in [0.25, 0.3) is 0 Å². The number of alkyl halides is 1. The average molecular weight is 438 g/mol. The highest BCUT2D eigenvalue weighted by Gasteiger charge is 2.43. The van der Waals surface area contributed by atoms with Crippen LogP contribution >= 0.6 is 0 Å². The molecule has 0 aromatic carbocycles. The summed E-state index contributed by atoms with van der Waals surface area (Å²) < 4.78 is 14.8. The molecule has 168 valence electrons. The topological polar surface area (TPSA) is 78.4 Å². The van der Waals surface area contributed by atoms with Crippen molar-refractivity contribution >= 4 is 23.6 Å². The van der Waals surface area contributed by atoms with Gasteiger partial charge < -0.3 is 10.2 Å². The van der Waals surface area contributed by atoms with Gasteiger partial charge in [-0.15, -0.1) is 0 Å². The fourth-order valence-corrected chi connectivity index (χ4v) is 4.36. The highest BCUT2D eigenvalue weighted by atomic mass is 19.1. The molecule has 2 aromatic rings. The number of nitrogens with one attached hydrogen (secondary N) is 1. The minimum absolute atomic E-state index is 0.173. The highest BCUT2D eigenvalue weighted by Crippen LogP contribution is 2.41. The second kappa shape index (κ2) is 8.48. The van der Waals surface area contributed by atoms with Gasteiger partial charge >= 0.3 is 6.03 Å². The minimum atomic E-state index is -1.22. The van der Waals surface area contributed by atoms with Gasteiger partial charge in [0.25, 0.3) is 0 Å². The lowest BCUT2D eigenvalue weighted by Crippen LogP contribution is -2.44. The van der Waals surface area contributed by atoms with Gasteiger partial charge in [0.15, 0.2) is 0 Å². The Kier molecular flexibility index (Phi) is 5.53. The van der Waals surface area contributed by atoms with Crippen molar-refractivity contribution in [2.45, 2.75) is 63.1 Å². The number of carbonyl (C=O) groups excluding carboxylic acids is 2. The molecule has 3 amide bonds. The summed E-state index contributed by atoms with van der Waals surface area (Å²) in [6.45, 7) is 1.69. The molecule has 2 saturated carbocycles. The summed E-state index contributed by atoms with van der Waals surface area (Å²) in [5.74, 6) is 1.69. The maximum Gasteiger partial charge on any atom is 0.326 e. The van der Waals surface area contributed by atoms with Crippen LogP contribution < -0.4 is 10.2 Å². The van der Waals surface area contributed by atoms with Gasteiger partial charge in [-0.1, -0.05) is 13.0 Å². The number of anilines is 2.